The number of aromatic nitrogens is 2. The molecule has 1 aromatic carbocycles. The Kier molecular flexibility index (Phi) is 3.17. The smallest absolute Gasteiger partial charge is 0.225 e. The first-order valence-corrected chi connectivity index (χ1v) is 8.05. The number of imidazole rings is 1. The standard InChI is InChI=1S/C17H21N3O/c21-17(12-6-2-1-3-7-12)20-10-13(11-20)16-18-14-8-4-5-9-15(14)19-16/h4-5,8-9,12-13H,1-3,6-7,10-11H2,(H,18,19). The van der Waals surface area contributed by atoms with Crippen molar-refractivity contribution in [1.29, 1.82) is 0 Å². The van der Waals surface area contributed by atoms with E-state index in [4.69, 9.17) is 0 Å². The van der Waals surface area contributed by atoms with Gasteiger partial charge in [0.15, 0.2) is 0 Å². The number of amides is 1. The molecule has 2 aromatic rings. The van der Waals surface area contributed by atoms with Gasteiger partial charge in [0.2, 0.25) is 5.91 Å². The van der Waals surface area contributed by atoms with Crippen molar-refractivity contribution in [2.45, 2.75) is 38.0 Å². The number of likely N-dealkylation sites (tertiary alicyclic amines) is 1. The van der Waals surface area contributed by atoms with Gasteiger partial charge in [0, 0.05) is 19.0 Å². The van der Waals surface area contributed by atoms with Gasteiger partial charge >= 0.3 is 0 Å². The van der Waals surface area contributed by atoms with Crippen molar-refractivity contribution < 1.29 is 4.79 Å². The van der Waals surface area contributed by atoms with Gasteiger partial charge in [-0.3, -0.25) is 4.79 Å². The number of benzene rings is 1. The van der Waals surface area contributed by atoms with E-state index in [0.717, 1.165) is 42.8 Å². The highest BCUT2D eigenvalue weighted by molar-refractivity contribution is 5.80. The average Bonchev–Trinajstić information content (AvgIpc) is 2.90. The van der Waals surface area contributed by atoms with Crippen LogP contribution < -0.4 is 0 Å². The number of carbonyl (C=O) groups is 1. The van der Waals surface area contributed by atoms with Crippen LogP contribution in [-0.2, 0) is 4.79 Å². The van der Waals surface area contributed by atoms with Gasteiger partial charge < -0.3 is 9.88 Å². The fourth-order valence-corrected chi connectivity index (χ4v) is 3.61. The number of carbonyl (C=O) groups excluding carboxylic acids is 1. The molecule has 1 saturated heterocycles. The Bertz CT molecular complexity index is 618. The maximum atomic E-state index is 12.4. The number of nitrogens with zero attached hydrogens (tertiary/aromatic N) is 2. The molecular weight excluding hydrogens is 262 g/mol. The van der Waals surface area contributed by atoms with Crippen LogP contribution in [-0.4, -0.2) is 33.9 Å². The third-order valence-electron chi connectivity index (χ3n) is 4.94. The molecule has 1 amide bonds. The Balaban J connectivity index is 1.41. The second-order valence-corrected chi connectivity index (χ2v) is 6.41. The number of aromatic amines is 1. The highest BCUT2D eigenvalue weighted by Gasteiger charge is 2.36. The van der Waals surface area contributed by atoms with E-state index in [1.54, 1.807) is 0 Å². The van der Waals surface area contributed by atoms with Gasteiger partial charge in [0.1, 0.15) is 5.82 Å². The van der Waals surface area contributed by atoms with E-state index in [0.29, 0.717) is 11.8 Å². The topological polar surface area (TPSA) is 49.0 Å². The van der Waals surface area contributed by atoms with Crippen molar-refractivity contribution in [2.24, 2.45) is 5.92 Å². The number of hydrogen-bond donors (Lipinski definition) is 1. The predicted molar refractivity (Wildman–Crippen MR) is 82.0 cm³/mol. The minimum Gasteiger partial charge on any atom is -0.342 e. The van der Waals surface area contributed by atoms with Gasteiger partial charge in [-0.15, -0.1) is 0 Å². The lowest BCUT2D eigenvalue weighted by Crippen LogP contribution is -2.51. The summed E-state index contributed by atoms with van der Waals surface area (Å²) >= 11 is 0. The summed E-state index contributed by atoms with van der Waals surface area (Å²) in [6.45, 7) is 1.66. The molecule has 1 aliphatic carbocycles. The van der Waals surface area contributed by atoms with Crippen LogP contribution in [0.3, 0.4) is 0 Å². The second kappa shape index (κ2) is 5.17. The Hall–Kier alpha value is -1.84. The molecule has 0 bridgehead atoms. The zero-order valence-corrected chi connectivity index (χ0v) is 12.2. The summed E-state index contributed by atoms with van der Waals surface area (Å²) in [4.78, 5) is 22.5. The monoisotopic (exact) mass is 283 g/mol. The summed E-state index contributed by atoms with van der Waals surface area (Å²) in [5.41, 5.74) is 2.11. The minimum atomic E-state index is 0.287. The third-order valence-corrected chi connectivity index (χ3v) is 4.94. The third kappa shape index (κ3) is 2.33. The Morgan fingerprint density at radius 2 is 1.90 bits per heavy atom. The molecule has 4 rings (SSSR count). The lowest BCUT2D eigenvalue weighted by molar-refractivity contribution is -0.141. The zero-order valence-electron chi connectivity index (χ0n) is 12.2. The molecule has 4 heteroatoms. The number of rotatable bonds is 2. The quantitative estimate of drug-likeness (QED) is 0.920. The summed E-state index contributed by atoms with van der Waals surface area (Å²) in [5, 5.41) is 0. The van der Waals surface area contributed by atoms with Gasteiger partial charge in [-0.25, -0.2) is 4.98 Å². The molecule has 4 nitrogen and oxygen atoms in total. The molecule has 2 aliphatic rings. The average molecular weight is 283 g/mol. The molecule has 0 atom stereocenters. The van der Waals surface area contributed by atoms with E-state index in [2.05, 4.69) is 16.0 Å². The minimum absolute atomic E-state index is 0.287. The van der Waals surface area contributed by atoms with Crippen LogP contribution in [0.15, 0.2) is 24.3 Å². The Morgan fingerprint density at radius 3 is 2.67 bits per heavy atom. The molecule has 2 heterocycles. The summed E-state index contributed by atoms with van der Waals surface area (Å²) in [6.07, 6.45) is 5.91. The van der Waals surface area contributed by atoms with Crippen LogP contribution in [0.5, 0.6) is 0 Å². The largest absolute Gasteiger partial charge is 0.342 e. The van der Waals surface area contributed by atoms with Crippen LogP contribution in [0.1, 0.15) is 43.8 Å². The molecule has 1 aromatic heterocycles. The van der Waals surface area contributed by atoms with Gasteiger partial charge in [-0.2, -0.15) is 0 Å². The van der Waals surface area contributed by atoms with Crippen LogP contribution in [0.4, 0.5) is 0 Å². The number of para-hydroxylation sites is 2. The first-order chi connectivity index (χ1) is 10.3. The molecule has 2 fully saturated rings. The van der Waals surface area contributed by atoms with Gasteiger partial charge in [0.05, 0.1) is 17.0 Å². The maximum absolute atomic E-state index is 12.4. The lowest BCUT2D eigenvalue weighted by atomic mass is 9.86. The molecule has 21 heavy (non-hydrogen) atoms. The van der Waals surface area contributed by atoms with Crippen molar-refractivity contribution in [2.75, 3.05) is 13.1 Å². The van der Waals surface area contributed by atoms with Gasteiger partial charge in [-0.1, -0.05) is 31.4 Å². The normalized spacial score (nSPS) is 20.7. The highest BCUT2D eigenvalue weighted by Crippen LogP contribution is 2.31. The fourth-order valence-electron chi connectivity index (χ4n) is 3.61. The van der Waals surface area contributed by atoms with E-state index in [9.17, 15) is 4.79 Å². The zero-order chi connectivity index (χ0) is 14.2. The number of nitrogens with one attached hydrogen (secondary N) is 1. The number of H-pyrrole nitrogens is 1. The van der Waals surface area contributed by atoms with Gasteiger partial charge in [-0.05, 0) is 25.0 Å². The molecule has 1 saturated carbocycles. The van der Waals surface area contributed by atoms with Crippen molar-refractivity contribution >= 4 is 16.9 Å². The summed E-state index contributed by atoms with van der Waals surface area (Å²) < 4.78 is 0. The fraction of sp³-hybridized carbons (Fsp3) is 0.529. The first-order valence-electron chi connectivity index (χ1n) is 8.05. The number of hydrogen-bond acceptors (Lipinski definition) is 2. The Morgan fingerprint density at radius 1 is 1.14 bits per heavy atom. The van der Waals surface area contributed by atoms with Crippen molar-refractivity contribution in [3.8, 4) is 0 Å². The van der Waals surface area contributed by atoms with E-state index in [-0.39, 0.29) is 5.92 Å². The molecule has 110 valence electrons. The second-order valence-electron chi connectivity index (χ2n) is 6.41. The first kappa shape index (κ1) is 12.9. The molecule has 0 spiro atoms. The molecule has 1 aliphatic heterocycles. The van der Waals surface area contributed by atoms with Crippen LogP contribution in [0, 0.1) is 5.92 Å². The molecular formula is C17H21N3O. The predicted octanol–water partition coefficient (Wildman–Crippen LogP) is 3.07. The number of fused-ring (bicyclic) bond motifs is 1. The van der Waals surface area contributed by atoms with E-state index < -0.39 is 0 Å². The van der Waals surface area contributed by atoms with E-state index >= 15 is 0 Å². The van der Waals surface area contributed by atoms with Crippen molar-refractivity contribution in [3.63, 3.8) is 0 Å². The maximum Gasteiger partial charge on any atom is 0.225 e. The summed E-state index contributed by atoms with van der Waals surface area (Å²) in [5.74, 6) is 2.08. The van der Waals surface area contributed by atoms with Crippen LogP contribution >= 0.6 is 0 Å². The summed E-state index contributed by atoms with van der Waals surface area (Å²) in [7, 11) is 0. The lowest BCUT2D eigenvalue weighted by Gasteiger charge is -2.40. The van der Waals surface area contributed by atoms with Crippen molar-refractivity contribution in [1.82, 2.24) is 14.9 Å². The van der Waals surface area contributed by atoms with Crippen LogP contribution in [0.25, 0.3) is 11.0 Å². The molecule has 0 unspecified atom stereocenters. The highest BCUT2D eigenvalue weighted by atomic mass is 16.2. The van der Waals surface area contributed by atoms with Crippen molar-refractivity contribution in [3.05, 3.63) is 30.1 Å². The van der Waals surface area contributed by atoms with E-state index in [1.807, 2.05) is 23.1 Å². The van der Waals surface area contributed by atoms with Crippen LogP contribution in [0.2, 0.25) is 0 Å². The summed E-state index contributed by atoms with van der Waals surface area (Å²) in [6, 6.07) is 8.10. The van der Waals surface area contributed by atoms with Gasteiger partial charge in [0.25, 0.3) is 0 Å². The molecule has 1 N–H and O–H groups in total. The molecule has 0 radical (unpaired) electrons. The Labute approximate surface area is 124 Å². The van der Waals surface area contributed by atoms with E-state index in [1.165, 1.54) is 19.3 Å². The SMILES string of the molecule is O=C(C1CCCCC1)N1CC(c2nc3ccccc3[nH]2)C1.